The number of thiazole rings is 1. The van der Waals surface area contributed by atoms with Crippen molar-refractivity contribution in [2.75, 3.05) is 0 Å². The number of esters is 1. The van der Waals surface area contributed by atoms with E-state index in [4.69, 9.17) is 9.26 Å². The van der Waals surface area contributed by atoms with Crippen molar-refractivity contribution in [1.82, 2.24) is 24.9 Å². The van der Waals surface area contributed by atoms with Gasteiger partial charge >= 0.3 is 5.97 Å². The fourth-order valence-electron chi connectivity index (χ4n) is 1.78. The number of aromatic nitrogens is 5. The van der Waals surface area contributed by atoms with Crippen molar-refractivity contribution in [3.05, 3.63) is 35.2 Å². The van der Waals surface area contributed by atoms with Gasteiger partial charge in [0.05, 0.1) is 6.20 Å². The zero-order valence-corrected chi connectivity index (χ0v) is 13.0. The second kappa shape index (κ2) is 5.68. The van der Waals surface area contributed by atoms with Gasteiger partial charge in [-0.25, -0.2) is 9.78 Å². The number of aryl methyl sites for hydroxylation is 2. The van der Waals surface area contributed by atoms with Crippen LogP contribution >= 0.6 is 11.3 Å². The van der Waals surface area contributed by atoms with Crippen LogP contribution < -0.4 is 0 Å². The molecule has 0 fully saturated rings. The number of rotatable bonds is 4. The van der Waals surface area contributed by atoms with E-state index in [1.165, 1.54) is 11.3 Å². The second-order valence-corrected chi connectivity index (χ2v) is 5.53. The van der Waals surface area contributed by atoms with Crippen LogP contribution in [0.2, 0.25) is 0 Å². The summed E-state index contributed by atoms with van der Waals surface area (Å²) in [5.41, 5.74) is 1.10. The van der Waals surface area contributed by atoms with Crippen LogP contribution in [0.4, 0.5) is 0 Å². The molecule has 0 N–H and O–H groups in total. The lowest BCUT2D eigenvalue weighted by atomic mass is 10.4. The molecule has 0 bridgehead atoms. The number of ether oxygens (including phenoxy) is 1. The Morgan fingerprint density at radius 3 is 2.91 bits per heavy atom. The van der Waals surface area contributed by atoms with Crippen molar-refractivity contribution >= 4 is 17.3 Å². The largest absolute Gasteiger partial charge is 0.448 e. The van der Waals surface area contributed by atoms with Crippen LogP contribution in [0.3, 0.4) is 0 Å². The first-order valence-corrected chi connectivity index (χ1v) is 7.36. The molecule has 0 aromatic carbocycles. The molecule has 0 amide bonds. The first kappa shape index (κ1) is 14.4. The lowest BCUT2D eigenvalue weighted by Crippen LogP contribution is -2.10. The minimum Gasteiger partial charge on any atom is -0.448 e. The van der Waals surface area contributed by atoms with E-state index in [0.29, 0.717) is 10.8 Å². The molecule has 0 spiro atoms. The van der Waals surface area contributed by atoms with Crippen LogP contribution in [-0.2, 0) is 11.8 Å². The first-order valence-electron chi connectivity index (χ1n) is 6.48. The van der Waals surface area contributed by atoms with Gasteiger partial charge in [-0.15, -0.1) is 11.3 Å². The van der Waals surface area contributed by atoms with Crippen molar-refractivity contribution in [3.63, 3.8) is 0 Å². The van der Waals surface area contributed by atoms with Gasteiger partial charge in [0.2, 0.25) is 0 Å². The third-order valence-electron chi connectivity index (χ3n) is 2.84. The standard InChI is InChI=1S/C13H13N5O3S/c1-7(11-15-8(2)17-21-11)20-13(19)10-6-22-12(16-10)9-4-14-18(3)5-9/h4-7H,1-3H3. The van der Waals surface area contributed by atoms with Gasteiger partial charge < -0.3 is 9.26 Å². The van der Waals surface area contributed by atoms with Gasteiger partial charge in [0.1, 0.15) is 5.01 Å². The minimum absolute atomic E-state index is 0.243. The monoisotopic (exact) mass is 319 g/mol. The molecule has 0 aliphatic heterocycles. The van der Waals surface area contributed by atoms with E-state index in [1.807, 2.05) is 13.2 Å². The summed E-state index contributed by atoms with van der Waals surface area (Å²) in [4.78, 5) is 20.4. The average molecular weight is 319 g/mol. The van der Waals surface area contributed by atoms with E-state index < -0.39 is 12.1 Å². The maximum Gasteiger partial charge on any atom is 0.358 e. The van der Waals surface area contributed by atoms with Crippen molar-refractivity contribution in [3.8, 4) is 10.6 Å². The number of nitrogens with zero attached hydrogens (tertiary/aromatic N) is 5. The fraction of sp³-hybridized carbons (Fsp3) is 0.308. The molecule has 114 valence electrons. The van der Waals surface area contributed by atoms with Gasteiger partial charge in [-0.2, -0.15) is 10.1 Å². The lowest BCUT2D eigenvalue weighted by Gasteiger charge is -2.07. The first-order chi connectivity index (χ1) is 10.5. The zero-order valence-electron chi connectivity index (χ0n) is 12.2. The van der Waals surface area contributed by atoms with Gasteiger partial charge in [0.25, 0.3) is 5.89 Å². The quantitative estimate of drug-likeness (QED) is 0.680. The van der Waals surface area contributed by atoms with Gasteiger partial charge in [-0.1, -0.05) is 5.16 Å². The topological polar surface area (TPSA) is 95.9 Å². The van der Waals surface area contributed by atoms with E-state index in [1.54, 1.807) is 30.1 Å². The van der Waals surface area contributed by atoms with Crippen LogP contribution in [0.25, 0.3) is 10.6 Å². The summed E-state index contributed by atoms with van der Waals surface area (Å²) in [5.74, 6) is 0.216. The van der Waals surface area contributed by atoms with Crippen molar-refractivity contribution in [2.24, 2.45) is 7.05 Å². The predicted octanol–water partition coefficient (Wildman–Crippen LogP) is 2.15. The Hall–Kier alpha value is -2.55. The molecule has 9 heteroatoms. The predicted molar refractivity (Wildman–Crippen MR) is 77.2 cm³/mol. The van der Waals surface area contributed by atoms with Crippen LogP contribution in [0.5, 0.6) is 0 Å². The summed E-state index contributed by atoms with van der Waals surface area (Å²) < 4.78 is 11.9. The van der Waals surface area contributed by atoms with Crippen LogP contribution in [-0.4, -0.2) is 30.9 Å². The molecule has 0 saturated heterocycles. The fourth-order valence-corrected chi connectivity index (χ4v) is 2.55. The normalized spacial score (nSPS) is 12.3. The van der Waals surface area contributed by atoms with Gasteiger partial charge in [-0.3, -0.25) is 4.68 Å². The summed E-state index contributed by atoms with van der Waals surface area (Å²) in [7, 11) is 1.82. The highest BCUT2D eigenvalue weighted by Crippen LogP contribution is 2.24. The minimum atomic E-state index is -0.628. The Morgan fingerprint density at radius 1 is 1.45 bits per heavy atom. The second-order valence-electron chi connectivity index (χ2n) is 4.67. The summed E-state index contributed by atoms with van der Waals surface area (Å²) in [6, 6.07) is 0. The summed E-state index contributed by atoms with van der Waals surface area (Å²) >= 11 is 1.35. The molecular formula is C13H13N5O3S. The average Bonchev–Trinajstić information content (AvgIpc) is 3.18. The summed E-state index contributed by atoms with van der Waals surface area (Å²) in [5, 5.41) is 10.1. The number of carbonyl (C=O) groups excluding carboxylic acids is 1. The highest BCUT2D eigenvalue weighted by atomic mass is 32.1. The van der Waals surface area contributed by atoms with Gasteiger partial charge in [-0.05, 0) is 13.8 Å². The third-order valence-corrected chi connectivity index (χ3v) is 3.73. The molecule has 22 heavy (non-hydrogen) atoms. The number of carbonyl (C=O) groups is 1. The molecule has 0 radical (unpaired) electrons. The molecule has 3 aromatic heterocycles. The van der Waals surface area contributed by atoms with Gasteiger partial charge in [0.15, 0.2) is 17.6 Å². The maximum atomic E-state index is 12.1. The summed E-state index contributed by atoms with van der Waals surface area (Å²) in [6.07, 6.45) is 2.90. The van der Waals surface area contributed by atoms with Gasteiger partial charge in [0, 0.05) is 24.2 Å². The molecule has 8 nitrogen and oxygen atoms in total. The van der Waals surface area contributed by atoms with Crippen molar-refractivity contribution < 1.29 is 14.1 Å². The molecule has 0 aliphatic rings. The van der Waals surface area contributed by atoms with E-state index in [-0.39, 0.29) is 11.6 Å². The number of hydrogen-bond acceptors (Lipinski definition) is 8. The smallest absolute Gasteiger partial charge is 0.358 e. The van der Waals surface area contributed by atoms with Crippen LogP contribution in [0.15, 0.2) is 22.3 Å². The molecular weight excluding hydrogens is 306 g/mol. The number of hydrogen-bond donors (Lipinski definition) is 0. The molecule has 1 atom stereocenters. The van der Waals surface area contributed by atoms with Crippen molar-refractivity contribution in [2.45, 2.75) is 20.0 Å². The molecule has 3 rings (SSSR count). The van der Waals surface area contributed by atoms with E-state index in [2.05, 4.69) is 20.2 Å². The Bertz CT molecular complexity index is 806. The Kier molecular flexibility index (Phi) is 3.72. The van der Waals surface area contributed by atoms with Crippen LogP contribution in [0.1, 0.15) is 35.2 Å². The van der Waals surface area contributed by atoms with Crippen LogP contribution in [0, 0.1) is 6.92 Å². The third kappa shape index (κ3) is 2.89. The van der Waals surface area contributed by atoms with E-state index in [0.717, 1.165) is 5.56 Å². The Morgan fingerprint density at radius 2 is 2.27 bits per heavy atom. The molecule has 0 saturated carbocycles. The molecule has 1 unspecified atom stereocenters. The molecule has 0 aliphatic carbocycles. The Labute approximate surface area is 129 Å². The molecule has 3 aromatic rings. The Balaban J connectivity index is 1.71. The highest BCUT2D eigenvalue weighted by molar-refractivity contribution is 7.13. The zero-order chi connectivity index (χ0) is 15.7. The molecule has 3 heterocycles. The van der Waals surface area contributed by atoms with E-state index >= 15 is 0 Å². The highest BCUT2D eigenvalue weighted by Gasteiger charge is 2.21. The maximum absolute atomic E-state index is 12.1. The summed E-state index contributed by atoms with van der Waals surface area (Å²) in [6.45, 7) is 3.36. The van der Waals surface area contributed by atoms with Crippen molar-refractivity contribution in [1.29, 1.82) is 0 Å². The SMILES string of the molecule is Cc1noc(C(C)OC(=O)c2csc(-c3cnn(C)c3)n2)n1. The lowest BCUT2D eigenvalue weighted by molar-refractivity contribution is 0.0259. The van der Waals surface area contributed by atoms with E-state index in [9.17, 15) is 4.79 Å².